The number of aryl methyl sites for hydroxylation is 1. The number of rotatable bonds is 0. The van der Waals surface area contributed by atoms with Crippen molar-refractivity contribution in [2.24, 2.45) is 0 Å². The van der Waals surface area contributed by atoms with E-state index in [1.807, 2.05) is 0 Å². The first-order valence-corrected chi connectivity index (χ1v) is 12.3. The summed E-state index contributed by atoms with van der Waals surface area (Å²) in [6.07, 6.45) is 0. The summed E-state index contributed by atoms with van der Waals surface area (Å²) < 4.78 is 4.67. The normalized spacial score (nSPS) is 8.62. The molecule has 6 heteroatoms. The van der Waals surface area contributed by atoms with E-state index in [0.717, 1.165) is 0 Å². The van der Waals surface area contributed by atoms with Crippen molar-refractivity contribution in [3.05, 3.63) is 27.8 Å². The molecule has 73 valence electrons. The van der Waals surface area contributed by atoms with Gasteiger partial charge in [0.2, 0.25) is 0 Å². The molecule has 0 aliphatic rings. The molecule has 0 fully saturated rings. The summed E-state index contributed by atoms with van der Waals surface area (Å²) >= 11 is 4.74. The zero-order valence-electron chi connectivity index (χ0n) is 7.04. The Balaban J connectivity index is 0.000000424. The minimum absolute atomic E-state index is 0.00579. The van der Waals surface area contributed by atoms with Gasteiger partial charge >= 0.3 is 55.0 Å². The van der Waals surface area contributed by atoms with Gasteiger partial charge < -0.3 is 9.52 Å². The zero-order valence-corrected chi connectivity index (χ0v) is 12.8. The summed E-state index contributed by atoms with van der Waals surface area (Å²) in [4.78, 5) is 10.7. The first-order chi connectivity index (χ1) is 6.02. The van der Waals surface area contributed by atoms with E-state index >= 15 is 0 Å². The second kappa shape index (κ2) is 7.13. The van der Waals surface area contributed by atoms with Crippen LogP contribution in [0.15, 0.2) is 15.3 Å². The van der Waals surface area contributed by atoms with Crippen LogP contribution in [0, 0.1) is 13.8 Å². The monoisotopic (exact) mass is 445 g/mol. The fourth-order valence-corrected chi connectivity index (χ4v) is 0.658. The molecule has 1 N–H and O–H groups in total. The molecule has 3 nitrogen and oxygen atoms in total. The Labute approximate surface area is 105 Å². The topological polar surface area (TPSA) is 50.4 Å². The second-order valence-electron chi connectivity index (χ2n) is 2.22. The summed E-state index contributed by atoms with van der Waals surface area (Å²) in [5.41, 5.74) is -0.219. The molecule has 0 aliphatic carbocycles. The SMILES string of the molecule is Cc1cc(O)c(C)c(=O)o1.[I][V][I]. The molecule has 1 aromatic rings. The molecule has 1 aromatic heterocycles. The predicted octanol–water partition coefficient (Wildman–Crippen LogP) is 2.73. The van der Waals surface area contributed by atoms with Crippen LogP contribution < -0.4 is 5.63 Å². The van der Waals surface area contributed by atoms with Crippen LogP contribution in [0.3, 0.4) is 0 Å². The number of aromatic hydroxyl groups is 1. The second-order valence-corrected chi connectivity index (χ2v) is 14.0. The van der Waals surface area contributed by atoms with Gasteiger partial charge in [-0.05, 0) is 13.8 Å². The van der Waals surface area contributed by atoms with Crippen LogP contribution in [-0.2, 0) is 9.47 Å². The van der Waals surface area contributed by atoms with Gasteiger partial charge in [-0.2, -0.15) is 0 Å². The number of halogens is 2. The van der Waals surface area contributed by atoms with Crippen molar-refractivity contribution < 1.29 is 19.0 Å². The van der Waals surface area contributed by atoms with Crippen molar-refractivity contribution >= 4 is 40.0 Å². The Morgan fingerprint density at radius 2 is 1.92 bits per heavy atom. The summed E-state index contributed by atoms with van der Waals surface area (Å²) in [6, 6.07) is 1.41. The average molecular weight is 445 g/mol. The van der Waals surface area contributed by atoms with Gasteiger partial charge in [0.1, 0.15) is 11.5 Å². The van der Waals surface area contributed by atoms with E-state index in [4.69, 9.17) is 5.11 Å². The van der Waals surface area contributed by atoms with Crippen molar-refractivity contribution in [3.8, 4) is 5.75 Å². The molecule has 0 atom stereocenters. The molecule has 0 aromatic carbocycles. The Kier molecular flexibility index (Phi) is 7.57. The van der Waals surface area contributed by atoms with Crippen molar-refractivity contribution in [3.63, 3.8) is 0 Å². The van der Waals surface area contributed by atoms with Gasteiger partial charge in [0.15, 0.2) is 0 Å². The summed E-state index contributed by atoms with van der Waals surface area (Å²) in [7, 11) is 0.628. The van der Waals surface area contributed by atoms with E-state index in [1.54, 1.807) is 6.92 Å². The van der Waals surface area contributed by atoms with Crippen molar-refractivity contribution in [1.82, 2.24) is 0 Å². The first-order valence-electron chi connectivity index (χ1n) is 3.25. The summed E-state index contributed by atoms with van der Waals surface area (Å²) in [5, 5.41) is 9.02. The van der Waals surface area contributed by atoms with Crippen LogP contribution in [0.1, 0.15) is 11.3 Å². The molecule has 0 unspecified atom stereocenters. The first kappa shape index (κ1) is 13.8. The minimum atomic E-state index is -0.475. The maximum absolute atomic E-state index is 10.7. The number of hydrogen-bond donors (Lipinski definition) is 1. The van der Waals surface area contributed by atoms with E-state index in [2.05, 4.69) is 44.4 Å². The van der Waals surface area contributed by atoms with E-state index in [-0.39, 0.29) is 11.3 Å². The average Bonchev–Trinajstić information content (AvgIpc) is 2.01. The van der Waals surface area contributed by atoms with Gasteiger partial charge in [0.25, 0.3) is 0 Å². The summed E-state index contributed by atoms with van der Waals surface area (Å²) in [5.74, 6) is 0.418. The Morgan fingerprint density at radius 1 is 1.46 bits per heavy atom. The third-order valence-electron chi connectivity index (χ3n) is 1.28. The van der Waals surface area contributed by atoms with Crippen LogP contribution in [0.2, 0.25) is 0 Å². The van der Waals surface area contributed by atoms with Gasteiger partial charge in [0.05, 0.1) is 5.56 Å². The van der Waals surface area contributed by atoms with E-state index in [1.165, 1.54) is 13.0 Å². The van der Waals surface area contributed by atoms with E-state index in [9.17, 15) is 4.79 Å². The molecule has 0 bridgehead atoms. The van der Waals surface area contributed by atoms with Gasteiger partial charge in [0, 0.05) is 6.07 Å². The van der Waals surface area contributed by atoms with Crippen LogP contribution >= 0.6 is 40.0 Å². The Hall–Kier alpha value is 0.794. The molecule has 1 rings (SSSR count). The molecule has 0 radical (unpaired) electrons. The van der Waals surface area contributed by atoms with Crippen molar-refractivity contribution in [2.45, 2.75) is 13.8 Å². The van der Waals surface area contributed by atoms with E-state index < -0.39 is 5.63 Å². The number of hydrogen-bond acceptors (Lipinski definition) is 3. The molecule has 13 heavy (non-hydrogen) atoms. The van der Waals surface area contributed by atoms with Crippen LogP contribution in [0.25, 0.3) is 0 Å². The zero-order chi connectivity index (χ0) is 10.4. The molecule has 0 spiro atoms. The summed E-state index contributed by atoms with van der Waals surface area (Å²) in [6.45, 7) is 3.13. The van der Waals surface area contributed by atoms with Gasteiger partial charge in [-0.15, -0.1) is 0 Å². The van der Waals surface area contributed by atoms with E-state index in [0.29, 0.717) is 15.2 Å². The standard InChI is InChI=1S/C7H8O3.2HI.V/c1-4-3-6(8)5(2)7(9)10-4;;;/h3,8H,1-2H3;2*1H;/q;;;+2/p-2. The molecule has 0 aliphatic heterocycles. The predicted molar refractivity (Wildman–Crippen MR) is 64.2 cm³/mol. The van der Waals surface area contributed by atoms with Crippen LogP contribution in [0.4, 0.5) is 0 Å². The van der Waals surface area contributed by atoms with Crippen LogP contribution in [0.5, 0.6) is 5.75 Å². The Morgan fingerprint density at radius 3 is 2.31 bits per heavy atom. The Bertz CT molecular complexity index is 324. The third kappa shape index (κ3) is 5.29. The van der Waals surface area contributed by atoms with Crippen LogP contribution in [-0.4, -0.2) is 5.11 Å². The molecule has 0 amide bonds. The molecular formula is C7H8I2O3V. The molecule has 0 saturated carbocycles. The fraction of sp³-hybridized carbons (Fsp3) is 0.286. The van der Waals surface area contributed by atoms with Gasteiger partial charge in [-0.1, -0.05) is 0 Å². The van der Waals surface area contributed by atoms with Crippen molar-refractivity contribution in [1.29, 1.82) is 0 Å². The van der Waals surface area contributed by atoms with Crippen molar-refractivity contribution in [2.75, 3.05) is 0 Å². The molecular weight excluding hydrogens is 437 g/mol. The van der Waals surface area contributed by atoms with Gasteiger partial charge in [-0.3, -0.25) is 0 Å². The van der Waals surface area contributed by atoms with Gasteiger partial charge in [-0.25, -0.2) is 4.79 Å². The maximum atomic E-state index is 10.7. The molecule has 1 heterocycles. The third-order valence-corrected chi connectivity index (χ3v) is 1.28. The fourth-order valence-electron chi connectivity index (χ4n) is 0.658. The quantitative estimate of drug-likeness (QED) is 0.626. The molecule has 0 saturated heterocycles.